The summed E-state index contributed by atoms with van der Waals surface area (Å²) in [5.74, 6) is 0.638. The van der Waals surface area contributed by atoms with E-state index >= 15 is 0 Å². The Kier molecular flexibility index (Phi) is 7.03. The summed E-state index contributed by atoms with van der Waals surface area (Å²) < 4.78 is 12.2. The Morgan fingerprint density at radius 3 is 2.50 bits per heavy atom. The van der Waals surface area contributed by atoms with Crippen molar-refractivity contribution in [2.45, 2.75) is 44.3 Å². The Morgan fingerprint density at radius 1 is 1.07 bits per heavy atom. The molecule has 0 bridgehead atoms. The lowest BCUT2D eigenvalue weighted by Crippen LogP contribution is -2.51. The molecule has 0 aromatic heterocycles. The van der Waals surface area contributed by atoms with Crippen LogP contribution in [0.25, 0.3) is 0 Å². The lowest BCUT2D eigenvalue weighted by Gasteiger charge is -2.46. The van der Waals surface area contributed by atoms with Gasteiger partial charge in [0.05, 0.1) is 12.2 Å². The van der Waals surface area contributed by atoms with Crippen LogP contribution in [0.2, 0.25) is 0 Å². The van der Waals surface area contributed by atoms with Crippen LogP contribution in [0.4, 0.5) is 10.5 Å². The first-order chi connectivity index (χ1) is 14.7. The number of hydrogen-bond acceptors (Lipinski definition) is 3. The van der Waals surface area contributed by atoms with Crippen LogP contribution < -0.4 is 5.32 Å². The number of para-hydroxylation sites is 1. The van der Waals surface area contributed by atoms with E-state index in [1.807, 2.05) is 53.4 Å². The normalized spacial score (nSPS) is 20.8. The van der Waals surface area contributed by atoms with E-state index in [1.54, 1.807) is 0 Å². The second kappa shape index (κ2) is 10.1. The van der Waals surface area contributed by atoms with Crippen molar-refractivity contribution < 1.29 is 14.3 Å². The Morgan fingerprint density at radius 2 is 1.77 bits per heavy atom. The lowest BCUT2D eigenvalue weighted by molar-refractivity contribution is -0.125. The summed E-state index contributed by atoms with van der Waals surface area (Å²) in [5.41, 5.74) is 2.00. The highest BCUT2D eigenvalue weighted by molar-refractivity contribution is 5.89. The van der Waals surface area contributed by atoms with Gasteiger partial charge in [0.1, 0.15) is 0 Å². The fourth-order valence-electron chi connectivity index (χ4n) is 4.58. The quantitative estimate of drug-likeness (QED) is 0.678. The number of benzene rings is 2. The van der Waals surface area contributed by atoms with Crippen LogP contribution in [0.3, 0.4) is 0 Å². The zero-order chi connectivity index (χ0) is 20.7. The van der Waals surface area contributed by atoms with E-state index in [2.05, 4.69) is 17.4 Å². The number of likely N-dealkylation sites (tertiary alicyclic amines) is 1. The molecule has 0 aliphatic carbocycles. The molecule has 0 radical (unpaired) electrons. The number of anilines is 1. The molecule has 0 saturated carbocycles. The van der Waals surface area contributed by atoms with Crippen molar-refractivity contribution in [2.24, 2.45) is 5.92 Å². The zero-order valence-corrected chi connectivity index (χ0v) is 17.6. The topological polar surface area (TPSA) is 50.8 Å². The maximum atomic E-state index is 12.6. The van der Waals surface area contributed by atoms with Gasteiger partial charge in [-0.3, -0.25) is 0 Å². The molecule has 2 aromatic rings. The highest BCUT2D eigenvalue weighted by atomic mass is 16.5. The van der Waals surface area contributed by atoms with Crippen molar-refractivity contribution in [3.8, 4) is 0 Å². The molecule has 30 heavy (non-hydrogen) atoms. The molecule has 1 atom stereocenters. The van der Waals surface area contributed by atoms with E-state index in [4.69, 9.17) is 9.47 Å². The highest BCUT2D eigenvalue weighted by Crippen LogP contribution is 2.38. The first kappa shape index (κ1) is 20.9. The minimum atomic E-state index is -0.0636. The van der Waals surface area contributed by atoms with Gasteiger partial charge in [0, 0.05) is 32.0 Å². The second-order valence-corrected chi connectivity index (χ2v) is 8.50. The van der Waals surface area contributed by atoms with Crippen molar-refractivity contribution in [3.63, 3.8) is 0 Å². The van der Waals surface area contributed by atoms with E-state index in [1.165, 1.54) is 5.56 Å². The Balaban J connectivity index is 1.20. The summed E-state index contributed by atoms with van der Waals surface area (Å²) in [6.07, 6.45) is 5.09. The number of carbonyl (C=O) groups is 1. The van der Waals surface area contributed by atoms with Gasteiger partial charge in [-0.15, -0.1) is 0 Å². The first-order valence-corrected chi connectivity index (χ1v) is 11.1. The summed E-state index contributed by atoms with van der Waals surface area (Å²) in [6.45, 7) is 3.79. The predicted octanol–water partition coefficient (Wildman–Crippen LogP) is 5.09. The molecule has 160 valence electrons. The van der Waals surface area contributed by atoms with Gasteiger partial charge in [0.2, 0.25) is 0 Å². The number of amides is 2. The number of piperidine rings is 1. The molecular formula is C25H32N2O3. The molecule has 2 saturated heterocycles. The standard InChI is InChI=1S/C25H32N2O3/c28-24(26-23-9-5-2-6-10-23)27-15-13-25(14-16-27)19-21(12-18-30-25)11-17-29-20-22-7-3-1-4-8-22/h1-10,21H,11-20H2,(H,26,28). The van der Waals surface area contributed by atoms with Crippen LogP contribution in [-0.2, 0) is 16.1 Å². The van der Waals surface area contributed by atoms with Crippen molar-refractivity contribution in [3.05, 3.63) is 66.2 Å². The van der Waals surface area contributed by atoms with Gasteiger partial charge < -0.3 is 19.7 Å². The van der Waals surface area contributed by atoms with E-state index in [9.17, 15) is 4.79 Å². The summed E-state index contributed by atoms with van der Waals surface area (Å²) >= 11 is 0. The fraction of sp³-hybridized carbons (Fsp3) is 0.480. The first-order valence-electron chi connectivity index (χ1n) is 11.1. The van der Waals surface area contributed by atoms with Crippen LogP contribution in [0.15, 0.2) is 60.7 Å². The smallest absolute Gasteiger partial charge is 0.321 e. The monoisotopic (exact) mass is 408 g/mol. The van der Waals surface area contributed by atoms with Gasteiger partial charge in [0.15, 0.2) is 0 Å². The van der Waals surface area contributed by atoms with Crippen molar-refractivity contribution in [1.29, 1.82) is 0 Å². The van der Waals surface area contributed by atoms with Gasteiger partial charge in [-0.1, -0.05) is 48.5 Å². The van der Waals surface area contributed by atoms with Gasteiger partial charge in [-0.05, 0) is 55.7 Å². The number of carbonyl (C=O) groups excluding carboxylic acids is 1. The third kappa shape index (κ3) is 5.61. The Bertz CT molecular complexity index is 789. The number of urea groups is 1. The molecule has 4 rings (SSSR count). The van der Waals surface area contributed by atoms with Gasteiger partial charge in [-0.25, -0.2) is 4.79 Å². The average molecular weight is 409 g/mol. The summed E-state index contributed by atoms with van der Waals surface area (Å²) in [6, 6.07) is 20.0. The molecule has 1 unspecified atom stereocenters. The average Bonchev–Trinajstić information content (AvgIpc) is 2.79. The zero-order valence-electron chi connectivity index (χ0n) is 17.6. The molecule has 1 N–H and O–H groups in total. The van der Waals surface area contributed by atoms with Gasteiger partial charge in [0.25, 0.3) is 0 Å². The fourth-order valence-corrected chi connectivity index (χ4v) is 4.58. The van der Waals surface area contributed by atoms with Crippen LogP contribution >= 0.6 is 0 Å². The highest BCUT2D eigenvalue weighted by Gasteiger charge is 2.41. The molecule has 2 fully saturated rings. The largest absolute Gasteiger partial charge is 0.377 e. The van der Waals surface area contributed by atoms with Crippen LogP contribution in [0.1, 0.15) is 37.7 Å². The lowest BCUT2D eigenvalue weighted by atomic mass is 9.78. The molecular weight excluding hydrogens is 376 g/mol. The number of nitrogens with zero attached hydrogens (tertiary/aromatic N) is 1. The maximum absolute atomic E-state index is 12.6. The minimum absolute atomic E-state index is 0.0160. The third-order valence-corrected chi connectivity index (χ3v) is 6.36. The SMILES string of the molecule is O=C(Nc1ccccc1)N1CCC2(CC1)CC(CCOCc1ccccc1)CCO2. The van der Waals surface area contributed by atoms with Crippen molar-refractivity contribution in [1.82, 2.24) is 4.90 Å². The van der Waals surface area contributed by atoms with E-state index < -0.39 is 0 Å². The van der Waals surface area contributed by atoms with E-state index in [-0.39, 0.29) is 11.6 Å². The summed E-state index contributed by atoms with van der Waals surface area (Å²) in [5, 5.41) is 2.99. The Hall–Kier alpha value is -2.37. The van der Waals surface area contributed by atoms with Gasteiger partial charge in [-0.2, -0.15) is 0 Å². The van der Waals surface area contributed by atoms with Crippen LogP contribution in [0.5, 0.6) is 0 Å². The van der Waals surface area contributed by atoms with Crippen LogP contribution in [0, 0.1) is 5.92 Å². The molecule has 1 spiro atoms. The molecule has 5 nitrogen and oxygen atoms in total. The van der Waals surface area contributed by atoms with Gasteiger partial charge >= 0.3 is 6.03 Å². The van der Waals surface area contributed by atoms with Crippen molar-refractivity contribution >= 4 is 11.7 Å². The minimum Gasteiger partial charge on any atom is -0.377 e. The van der Waals surface area contributed by atoms with Crippen LogP contribution in [-0.4, -0.2) is 42.8 Å². The maximum Gasteiger partial charge on any atom is 0.321 e. The molecule has 2 amide bonds. The summed E-state index contributed by atoms with van der Waals surface area (Å²) in [7, 11) is 0. The Labute approximate surface area is 179 Å². The molecule has 2 aromatic carbocycles. The van der Waals surface area contributed by atoms with E-state index in [0.29, 0.717) is 12.5 Å². The molecule has 2 aliphatic rings. The molecule has 2 aliphatic heterocycles. The number of nitrogens with one attached hydrogen (secondary N) is 1. The third-order valence-electron chi connectivity index (χ3n) is 6.36. The molecule has 5 heteroatoms. The number of ether oxygens (including phenoxy) is 2. The number of rotatable bonds is 6. The second-order valence-electron chi connectivity index (χ2n) is 8.50. The predicted molar refractivity (Wildman–Crippen MR) is 118 cm³/mol. The van der Waals surface area contributed by atoms with E-state index in [0.717, 1.165) is 64.1 Å². The van der Waals surface area contributed by atoms with Crippen molar-refractivity contribution in [2.75, 3.05) is 31.6 Å². The summed E-state index contributed by atoms with van der Waals surface area (Å²) in [4.78, 5) is 14.5. The number of hydrogen-bond donors (Lipinski definition) is 1. The molecule has 2 heterocycles.